The number of aliphatic hydroxyl groups is 2. The summed E-state index contributed by atoms with van der Waals surface area (Å²) in [7, 11) is 0. The average molecular weight is 1050 g/mol. The summed E-state index contributed by atoms with van der Waals surface area (Å²) in [5.41, 5.74) is 5.50. The smallest absolute Gasteiger partial charge is 0.405 e. The molecule has 8 heterocycles. The van der Waals surface area contributed by atoms with Crippen LogP contribution in [0.4, 0.5) is 70.6 Å². The molecule has 7 N–H and O–H groups in total. The van der Waals surface area contributed by atoms with E-state index in [2.05, 4.69) is 73.1 Å². The molecular weight excluding hydrogens is 1010 g/mol. The highest BCUT2D eigenvalue weighted by atomic mass is 79.9. The van der Waals surface area contributed by atoms with E-state index in [1.54, 1.807) is 47.5 Å². The second kappa shape index (κ2) is 20.2. The first-order valence-electron chi connectivity index (χ1n) is 19.5. The monoisotopic (exact) mass is 1050 g/mol. The van der Waals surface area contributed by atoms with Gasteiger partial charge in [-0.1, -0.05) is 31.9 Å². The molecule has 0 radical (unpaired) electrons. The van der Waals surface area contributed by atoms with Gasteiger partial charge < -0.3 is 30.9 Å². The SMILES string of the molecule is NC(CO)C(F)(F)F.O=C(CC(CO)C(F)(F)F)c1ccc2c(n1)N(C(=O)Nc1cc(Br)ccn1)[C@H]1CCN2C1.O=C(O)c1ccc2c(n1)N(C(=O)Nc1cc(Br)ccn1)[C@H]1CCN2C1. The maximum absolute atomic E-state index is 13.1. The average Bonchev–Trinajstić information content (AvgIpc) is 3.87. The molecule has 0 saturated carbocycles. The summed E-state index contributed by atoms with van der Waals surface area (Å²) < 4.78 is 73.9. The van der Waals surface area contributed by atoms with E-state index in [0.29, 0.717) is 49.2 Å². The third kappa shape index (κ3) is 11.6. The fraction of sp³-hybridized carbons (Fsp3) is 0.385. The van der Waals surface area contributed by atoms with Gasteiger partial charge in [-0.25, -0.2) is 34.3 Å². The van der Waals surface area contributed by atoms with E-state index >= 15 is 0 Å². The topological polar surface area (TPSA) is 244 Å². The van der Waals surface area contributed by atoms with Gasteiger partial charge in [-0.2, -0.15) is 26.3 Å². The number of anilines is 6. The number of hydrogen-bond donors (Lipinski definition) is 6. The summed E-state index contributed by atoms with van der Waals surface area (Å²) in [4.78, 5) is 73.6. The fourth-order valence-corrected chi connectivity index (χ4v) is 7.89. The van der Waals surface area contributed by atoms with E-state index in [1.165, 1.54) is 23.2 Å². The van der Waals surface area contributed by atoms with Gasteiger partial charge in [-0.05, 0) is 61.4 Å². The molecule has 18 nitrogen and oxygen atoms in total. The molecule has 348 valence electrons. The maximum atomic E-state index is 13.1. The molecule has 4 aliphatic heterocycles. The molecule has 65 heavy (non-hydrogen) atoms. The molecule has 4 bridgehead atoms. The van der Waals surface area contributed by atoms with Crippen LogP contribution in [0, 0.1) is 5.92 Å². The zero-order valence-electron chi connectivity index (χ0n) is 33.6. The van der Waals surface area contributed by atoms with Gasteiger partial charge >= 0.3 is 30.4 Å². The van der Waals surface area contributed by atoms with Gasteiger partial charge in [-0.3, -0.25) is 25.2 Å². The first kappa shape index (κ1) is 48.7. The van der Waals surface area contributed by atoms with E-state index in [4.69, 9.17) is 10.2 Å². The number of ketones is 1. The predicted molar refractivity (Wildman–Crippen MR) is 230 cm³/mol. The van der Waals surface area contributed by atoms with Crippen molar-refractivity contribution in [2.45, 2.75) is 49.7 Å². The van der Waals surface area contributed by atoms with Crippen molar-refractivity contribution in [2.24, 2.45) is 11.7 Å². The van der Waals surface area contributed by atoms with Gasteiger partial charge in [-0.15, -0.1) is 0 Å². The van der Waals surface area contributed by atoms with E-state index in [9.17, 15) is 50.6 Å². The minimum absolute atomic E-state index is 0.0452. The summed E-state index contributed by atoms with van der Waals surface area (Å²) in [5, 5.41) is 31.5. The lowest BCUT2D eigenvalue weighted by Crippen LogP contribution is -2.48. The molecule has 0 spiro atoms. The number of hydrogen-bond acceptors (Lipinski definition) is 13. The van der Waals surface area contributed by atoms with Crippen LogP contribution in [0.1, 0.15) is 40.2 Å². The molecule has 4 atom stereocenters. The Morgan fingerprint density at radius 1 is 0.723 bits per heavy atom. The molecule has 4 aromatic heterocycles. The molecule has 2 saturated heterocycles. The van der Waals surface area contributed by atoms with Crippen molar-refractivity contribution in [2.75, 3.05) is 69.6 Å². The van der Waals surface area contributed by atoms with Crippen LogP contribution in [0.25, 0.3) is 0 Å². The lowest BCUT2D eigenvalue weighted by atomic mass is 10.0. The molecule has 0 aromatic carbocycles. The zero-order valence-corrected chi connectivity index (χ0v) is 36.8. The number of carbonyl (C=O) groups is 4. The van der Waals surface area contributed by atoms with Crippen molar-refractivity contribution >= 4 is 90.3 Å². The third-order valence-corrected chi connectivity index (χ3v) is 11.5. The van der Waals surface area contributed by atoms with E-state index < -0.39 is 61.7 Å². The number of aliphatic hydroxyl groups excluding tert-OH is 2. The fourth-order valence-electron chi connectivity index (χ4n) is 7.22. The van der Waals surface area contributed by atoms with Crippen molar-refractivity contribution in [3.8, 4) is 0 Å². The second-order valence-electron chi connectivity index (χ2n) is 14.9. The largest absolute Gasteiger partial charge is 0.477 e. The van der Waals surface area contributed by atoms with Crippen molar-refractivity contribution in [1.82, 2.24) is 19.9 Å². The van der Waals surface area contributed by atoms with Crippen LogP contribution in [-0.2, 0) is 0 Å². The van der Waals surface area contributed by atoms with Crippen molar-refractivity contribution in [1.29, 1.82) is 0 Å². The third-order valence-electron chi connectivity index (χ3n) is 10.5. The lowest BCUT2D eigenvalue weighted by molar-refractivity contribution is -0.182. The second-order valence-corrected chi connectivity index (χ2v) is 16.7. The number of alkyl halides is 6. The number of halogens is 8. The maximum Gasteiger partial charge on any atom is 0.405 e. The summed E-state index contributed by atoms with van der Waals surface area (Å²) in [6, 6.07) is 9.73. The molecule has 4 amide bonds. The summed E-state index contributed by atoms with van der Waals surface area (Å²) in [6.07, 6.45) is -5.50. The van der Waals surface area contributed by atoms with Crippen LogP contribution in [0.5, 0.6) is 0 Å². The van der Waals surface area contributed by atoms with Crippen LogP contribution < -0.4 is 36.0 Å². The summed E-state index contributed by atoms with van der Waals surface area (Å²) >= 11 is 6.65. The number of Topliss-reactive ketones (excluding diaryl/α,β-unsaturated/α-hetero) is 1. The van der Waals surface area contributed by atoms with Crippen LogP contribution in [0.15, 0.2) is 69.9 Å². The number of nitrogens with two attached hydrogens (primary N) is 1. The minimum Gasteiger partial charge on any atom is -0.477 e. The highest BCUT2D eigenvalue weighted by molar-refractivity contribution is 9.10. The molecule has 2 fully saturated rings. The predicted octanol–water partition coefficient (Wildman–Crippen LogP) is 6.05. The number of aromatic nitrogens is 4. The number of nitrogens with one attached hydrogen (secondary N) is 2. The number of carboxylic acid groups (broad SMARTS) is 1. The standard InChI is InChI=1S/C20H19BrF3N5O3.C16H14BrN5O3.C3H6F3NO/c21-12-3-5-25-17(8-12)27-19(32)29-13-4-6-28(9-13)15-2-1-14(26-18(15)29)16(31)7-11(10-30)20(22,23)24;17-9-3-5-18-13(7-9)20-16(25)22-10-4-6-21(8-10)12-2-1-11(15(23)24)19-14(12)22;4-3(5,6)2(7)1-8/h1-3,5,8,11,13,30H,4,6-7,9-10H2,(H,25,27,32);1-3,5,7,10H,4,6,8H2,(H,23,24)(H,18,20,25);2,8H,1,7H2/t11?,13-;10-;/m00./s1. The Balaban J connectivity index is 0.000000188. The van der Waals surface area contributed by atoms with Gasteiger partial charge in [0.05, 0.1) is 42.6 Å². The van der Waals surface area contributed by atoms with Gasteiger partial charge in [0.2, 0.25) is 0 Å². The molecule has 4 aliphatic rings. The molecule has 2 unspecified atom stereocenters. The Bertz CT molecular complexity index is 2420. The minimum atomic E-state index is -4.70. The van der Waals surface area contributed by atoms with E-state index in [0.717, 1.165) is 27.6 Å². The molecule has 26 heteroatoms. The van der Waals surface area contributed by atoms with Crippen LogP contribution in [0.3, 0.4) is 0 Å². The van der Waals surface area contributed by atoms with Gasteiger partial charge in [0, 0.05) is 53.9 Å². The quantitative estimate of drug-likeness (QED) is 0.0870. The van der Waals surface area contributed by atoms with Crippen LogP contribution in [-0.4, -0.2) is 129 Å². The van der Waals surface area contributed by atoms with Crippen LogP contribution >= 0.6 is 31.9 Å². The normalized spacial score (nSPS) is 18.0. The first-order chi connectivity index (χ1) is 30.7. The number of fused-ring (bicyclic) bond motifs is 8. The lowest BCUT2D eigenvalue weighted by Gasteiger charge is -2.35. The van der Waals surface area contributed by atoms with Gasteiger partial charge in [0.25, 0.3) is 0 Å². The Hall–Kier alpha value is -5.70. The molecule has 8 rings (SSSR count). The number of rotatable bonds is 8. The van der Waals surface area contributed by atoms with Gasteiger partial charge in [0.1, 0.15) is 23.4 Å². The number of nitrogens with zero attached hydrogens (tertiary/aromatic N) is 8. The van der Waals surface area contributed by atoms with Gasteiger partial charge in [0.15, 0.2) is 23.1 Å². The van der Waals surface area contributed by atoms with Crippen molar-refractivity contribution in [3.63, 3.8) is 0 Å². The highest BCUT2D eigenvalue weighted by Gasteiger charge is 2.44. The Kier molecular flexibility index (Phi) is 15.2. The number of pyridine rings is 4. The Morgan fingerprint density at radius 3 is 1.57 bits per heavy atom. The Morgan fingerprint density at radius 2 is 1.18 bits per heavy atom. The van der Waals surface area contributed by atoms with Crippen molar-refractivity contribution < 1.29 is 60.8 Å². The summed E-state index contributed by atoms with van der Waals surface area (Å²) in [6.45, 7) is 0.549. The molecular formula is C39H39Br2F6N11O7. The molecule has 0 aliphatic carbocycles. The van der Waals surface area contributed by atoms with Crippen molar-refractivity contribution in [3.05, 3.63) is 81.3 Å². The number of carbonyl (C=O) groups excluding carboxylic acids is 3. The molecule has 4 aromatic rings. The first-order valence-corrected chi connectivity index (χ1v) is 21.1. The summed E-state index contributed by atoms with van der Waals surface area (Å²) in [5.74, 6) is -2.83. The number of urea groups is 2. The van der Waals surface area contributed by atoms with E-state index in [-0.39, 0.29) is 35.3 Å². The van der Waals surface area contributed by atoms with Crippen LogP contribution in [0.2, 0.25) is 0 Å². The highest BCUT2D eigenvalue weighted by Crippen LogP contribution is 2.41. The number of aromatic carboxylic acids is 1. The Labute approximate surface area is 382 Å². The number of amides is 4. The van der Waals surface area contributed by atoms with E-state index in [1.807, 2.05) is 4.90 Å². The number of carboxylic acids is 1. The zero-order chi connectivity index (χ0) is 47.4.